The Balaban J connectivity index is 1.42. The Labute approximate surface area is 190 Å². The molecule has 2 aromatic carbocycles. The van der Waals surface area contributed by atoms with Crippen molar-refractivity contribution in [1.29, 1.82) is 0 Å². The smallest absolute Gasteiger partial charge is 0.250 e. The van der Waals surface area contributed by atoms with Crippen LogP contribution in [-0.2, 0) is 16.8 Å². The third-order valence-electron chi connectivity index (χ3n) is 4.26. The normalized spacial score (nSPS) is 11.6. The quantitative estimate of drug-likeness (QED) is 0.299. The van der Waals surface area contributed by atoms with Crippen molar-refractivity contribution in [3.8, 4) is 5.75 Å². The lowest BCUT2D eigenvalue weighted by atomic mass is 9.87. The molecule has 3 N–H and O–H groups in total. The summed E-state index contributed by atoms with van der Waals surface area (Å²) in [6, 6.07) is 16.0. The SMILES string of the molecule is CC(C)(C)c1ccc(COc2ccc(C=NNC(=O)CSc3nnc(N)s3)cc2)cc1. The number of aromatic nitrogens is 2. The number of rotatable bonds is 8. The first kappa shape index (κ1) is 22.8. The van der Waals surface area contributed by atoms with Gasteiger partial charge in [-0.2, -0.15) is 5.10 Å². The summed E-state index contributed by atoms with van der Waals surface area (Å²) in [7, 11) is 0. The van der Waals surface area contributed by atoms with Gasteiger partial charge in [-0.3, -0.25) is 4.79 Å². The molecule has 0 spiro atoms. The van der Waals surface area contributed by atoms with Crippen LogP contribution in [0.3, 0.4) is 0 Å². The first-order valence-electron chi connectivity index (χ1n) is 9.65. The number of nitrogen functional groups attached to an aromatic ring is 1. The van der Waals surface area contributed by atoms with Crippen LogP contribution in [0.1, 0.15) is 37.5 Å². The number of anilines is 1. The molecular weight excluding hydrogens is 430 g/mol. The number of nitrogens with zero attached hydrogens (tertiary/aromatic N) is 3. The molecule has 7 nitrogen and oxygen atoms in total. The number of carbonyl (C=O) groups is 1. The number of hydrazone groups is 1. The van der Waals surface area contributed by atoms with E-state index < -0.39 is 0 Å². The van der Waals surface area contributed by atoms with Gasteiger partial charge in [0, 0.05) is 0 Å². The lowest BCUT2D eigenvalue weighted by Gasteiger charge is -2.19. The second-order valence-corrected chi connectivity index (χ2v) is 10.0. The van der Waals surface area contributed by atoms with Crippen LogP contribution in [0.15, 0.2) is 58.0 Å². The van der Waals surface area contributed by atoms with Gasteiger partial charge in [-0.25, -0.2) is 5.43 Å². The largest absolute Gasteiger partial charge is 0.489 e. The molecule has 9 heteroatoms. The average molecular weight is 456 g/mol. The molecule has 1 amide bonds. The fourth-order valence-corrected chi connectivity index (χ4v) is 3.96. The van der Waals surface area contributed by atoms with Crippen LogP contribution < -0.4 is 15.9 Å². The Kier molecular flexibility index (Phi) is 7.64. The van der Waals surface area contributed by atoms with Crippen LogP contribution in [-0.4, -0.2) is 28.1 Å². The summed E-state index contributed by atoms with van der Waals surface area (Å²) >= 11 is 2.51. The molecule has 0 aliphatic carbocycles. The number of thioether (sulfide) groups is 1. The van der Waals surface area contributed by atoms with E-state index in [1.165, 1.54) is 28.7 Å². The first-order chi connectivity index (χ1) is 14.8. The fraction of sp³-hybridized carbons (Fsp3) is 0.273. The minimum absolute atomic E-state index is 0.141. The maximum absolute atomic E-state index is 11.8. The summed E-state index contributed by atoms with van der Waals surface area (Å²) in [6.07, 6.45) is 1.58. The lowest BCUT2D eigenvalue weighted by Crippen LogP contribution is -2.19. The third kappa shape index (κ3) is 7.37. The molecule has 0 saturated carbocycles. The highest BCUT2D eigenvalue weighted by atomic mass is 32.2. The van der Waals surface area contributed by atoms with E-state index in [1.54, 1.807) is 6.21 Å². The van der Waals surface area contributed by atoms with Crippen molar-refractivity contribution in [3.05, 3.63) is 65.2 Å². The molecule has 0 saturated heterocycles. The van der Waals surface area contributed by atoms with Crippen molar-refractivity contribution in [2.45, 2.75) is 37.1 Å². The maximum atomic E-state index is 11.8. The van der Waals surface area contributed by atoms with E-state index in [2.05, 4.69) is 65.8 Å². The van der Waals surface area contributed by atoms with Gasteiger partial charge in [0.2, 0.25) is 5.13 Å². The molecular formula is C22H25N5O2S2. The second kappa shape index (κ2) is 10.4. The predicted octanol–water partition coefficient (Wildman–Crippen LogP) is 4.24. The third-order valence-corrected chi connectivity index (χ3v) is 6.14. The predicted molar refractivity (Wildman–Crippen MR) is 127 cm³/mol. The summed E-state index contributed by atoms with van der Waals surface area (Å²) in [6.45, 7) is 7.10. The first-order valence-corrected chi connectivity index (χ1v) is 11.5. The van der Waals surface area contributed by atoms with E-state index in [9.17, 15) is 4.79 Å². The van der Waals surface area contributed by atoms with Gasteiger partial charge in [0.1, 0.15) is 12.4 Å². The fourth-order valence-electron chi connectivity index (χ4n) is 2.53. The van der Waals surface area contributed by atoms with Crippen LogP contribution in [0.2, 0.25) is 0 Å². The molecule has 162 valence electrons. The van der Waals surface area contributed by atoms with Crippen LogP contribution in [0, 0.1) is 0 Å². The highest BCUT2D eigenvalue weighted by molar-refractivity contribution is 8.01. The molecule has 0 fully saturated rings. The average Bonchev–Trinajstić information content (AvgIpc) is 3.16. The number of nitrogens with two attached hydrogens (primary N) is 1. The Morgan fingerprint density at radius 3 is 2.48 bits per heavy atom. The van der Waals surface area contributed by atoms with E-state index in [1.807, 2.05) is 24.3 Å². The van der Waals surface area contributed by atoms with Crippen LogP contribution in [0.4, 0.5) is 5.13 Å². The monoisotopic (exact) mass is 455 g/mol. The summed E-state index contributed by atoms with van der Waals surface area (Å²) in [5, 5.41) is 11.9. The van der Waals surface area contributed by atoms with E-state index in [-0.39, 0.29) is 17.1 Å². The van der Waals surface area contributed by atoms with Crippen molar-refractivity contribution >= 4 is 40.4 Å². The molecule has 3 rings (SSSR count). The van der Waals surface area contributed by atoms with Gasteiger partial charge in [-0.05, 0) is 46.4 Å². The number of amides is 1. The standard InChI is InChI=1S/C22H25N5O2S2/c1-22(2,3)17-8-4-16(5-9-17)13-29-18-10-6-15(7-11-18)12-24-25-19(28)14-30-21-27-26-20(23)31-21/h4-12H,13-14H2,1-3H3,(H2,23,26)(H,25,28). The number of carbonyl (C=O) groups excluding carboxylic acids is 1. The lowest BCUT2D eigenvalue weighted by molar-refractivity contribution is -0.118. The molecule has 3 aromatic rings. The van der Waals surface area contributed by atoms with E-state index in [0.29, 0.717) is 16.1 Å². The van der Waals surface area contributed by atoms with Crippen LogP contribution in [0.25, 0.3) is 0 Å². The van der Waals surface area contributed by atoms with Gasteiger partial charge in [-0.15, -0.1) is 10.2 Å². The van der Waals surface area contributed by atoms with Gasteiger partial charge in [0.25, 0.3) is 5.91 Å². The van der Waals surface area contributed by atoms with Crippen molar-refractivity contribution < 1.29 is 9.53 Å². The van der Waals surface area contributed by atoms with Gasteiger partial charge < -0.3 is 10.5 Å². The van der Waals surface area contributed by atoms with Crippen LogP contribution in [0.5, 0.6) is 5.75 Å². The molecule has 0 atom stereocenters. The highest BCUT2D eigenvalue weighted by Gasteiger charge is 2.12. The number of hydrogen-bond acceptors (Lipinski definition) is 8. The van der Waals surface area contributed by atoms with Gasteiger partial charge in [-0.1, -0.05) is 68.1 Å². The van der Waals surface area contributed by atoms with E-state index in [4.69, 9.17) is 10.5 Å². The molecule has 0 aliphatic rings. The van der Waals surface area contributed by atoms with E-state index in [0.717, 1.165) is 16.9 Å². The zero-order chi connectivity index (χ0) is 22.3. The summed E-state index contributed by atoms with van der Waals surface area (Å²) in [5.41, 5.74) is 11.4. The van der Waals surface area contributed by atoms with Crippen molar-refractivity contribution in [2.24, 2.45) is 5.10 Å². The number of hydrogen-bond donors (Lipinski definition) is 2. The molecule has 31 heavy (non-hydrogen) atoms. The maximum Gasteiger partial charge on any atom is 0.250 e. The van der Waals surface area contributed by atoms with Crippen molar-refractivity contribution in [2.75, 3.05) is 11.5 Å². The van der Waals surface area contributed by atoms with Gasteiger partial charge >= 0.3 is 0 Å². The molecule has 0 unspecified atom stereocenters. The second-order valence-electron chi connectivity index (χ2n) is 7.79. The Morgan fingerprint density at radius 1 is 1.16 bits per heavy atom. The Morgan fingerprint density at radius 2 is 1.87 bits per heavy atom. The van der Waals surface area contributed by atoms with E-state index >= 15 is 0 Å². The van der Waals surface area contributed by atoms with Crippen molar-refractivity contribution in [3.63, 3.8) is 0 Å². The Hall–Kier alpha value is -2.91. The minimum Gasteiger partial charge on any atom is -0.489 e. The zero-order valence-electron chi connectivity index (χ0n) is 17.7. The van der Waals surface area contributed by atoms with Crippen molar-refractivity contribution in [1.82, 2.24) is 15.6 Å². The van der Waals surface area contributed by atoms with Crippen LogP contribution >= 0.6 is 23.1 Å². The van der Waals surface area contributed by atoms with Gasteiger partial charge in [0.15, 0.2) is 4.34 Å². The number of ether oxygens (including phenoxy) is 1. The molecule has 0 bridgehead atoms. The molecule has 1 aromatic heterocycles. The summed E-state index contributed by atoms with van der Waals surface area (Å²) in [5.74, 6) is 0.733. The minimum atomic E-state index is -0.229. The molecule has 0 aliphatic heterocycles. The summed E-state index contributed by atoms with van der Waals surface area (Å²) < 4.78 is 6.51. The summed E-state index contributed by atoms with van der Waals surface area (Å²) in [4.78, 5) is 11.8. The molecule has 1 heterocycles. The number of benzene rings is 2. The molecule has 0 radical (unpaired) electrons. The Bertz CT molecular complexity index is 1030. The zero-order valence-corrected chi connectivity index (χ0v) is 19.3. The highest BCUT2D eigenvalue weighted by Crippen LogP contribution is 2.23. The topological polar surface area (TPSA) is 102 Å². The number of nitrogens with one attached hydrogen (secondary N) is 1. The van der Waals surface area contributed by atoms with Gasteiger partial charge in [0.05, 0.1) is 12.0 Å².